The van der Waals surface area contributed by atoms with Crippen LogP contribution in [0, 0.1) is 12.7 Å². The molecule has 0 radical (unpaired) electrons. The summed E-state index contributed by atoms with van der Waals surface area (Å²) in [5.41, 5.74) is 4.16. The Balaban J connectivity index is 1.88. The summed E-state index contributed by atoms with van der Waals surface area (Å²) in [4.78, 5) is 23.7. The number of hydrogen-bond acceptors (Lipinski definition) is 6. The molecule has 0 aliphatic carbocycles. The van der Waals surface area contributed by atoms with Gasteiger partial charge in [0.05, 0.1) is 17.7 Å². The minimum atomic E-state index is -0.569. The van der Waals surface area contributed by atoms with Crippen LogP contribution < -0.4 is 10.8 Å². The van der Waals surface area contributed by atoms with E-state index in [1.807, 2.05) is 19.0 Å². The first-order valence-electron chi connectivity index (χ1n) is 8.42. The number of anilines is 2. The molecular weight excluding hydrogens is 351 g/mol. The molecule has 2 heterocycles. The number of nitrogens with one attached hydrogen (secondary N) is 2. The van der Waals surface area contributed by atoms with Crippen LogP contribution in [0.15, 0.2) is 41.1 Å². The van der Waals surface area contributed by atoms with Crippen molar-refractivity contribution in [3.8, 4) is 0 Å². The van der Waals surface area contributed by atoms with E-state index in [2.05, 4.69) is 15.8 Å². The molecule has 142 valence electrons. The molecule has 0 aliphatic heterocycles. The average molecular weight is 372 g/mol. The van der Waals surface area contributed by atoms with Crippen molar-refractivity contribution in [1.82, 2.24) is 15.4 Å². The highest BCUT2D eigenvalue weighted by Gasteiger charge is 2.22. The number of pyridine rings is 1. The van der Waals surface area contributed by atoms with Gasteiger partial charge in [-0.3, -0.25) is 14.6 Å². The van der Waals surface area contributed by atoms with Gasteiger partial charge in [-0.1, -0.05) is 6.07 Å². The summed E-state index contributed by atoms with van der Waals surface area (Å²) in [5, 5.41) is 3.51. The highest BCUT2D eigenvalue weighted by Crippen LogP contribution is 2.33. The summed E-state index contributed by atoms with van der Waals surface area (Å²) >= 11 is 0. The summed E-state index contributed by atoms with van der Waals surface area (Å²) in [6.45, 7) is 2.76. The zero-order valence-electron chi connectivity index (χ0n) is 15.4. The van der Waals surface area contributed by atoms with Gasteiger partial charge in [-0.25, -0.2) is 9.87 Å². The first kappa shape index (κ1) is 18.8. The molecule has 3 rings (SSSR count). The van der Waals surface area contributed by atoms with E-state index in [-0.39, 0.29) is 11.4 Å². The number of carbonyl (C=O) groups excluding carboxylic acids is 1. The Kier molecular flexibility index (Phi) is 5.68. The van der Waals surface area contributed by atoms with Crippen LogP contribution in [0.2, 0.25) is 0 Å². The highest BCUT2D eigenvalue weighted by molar-refractivity contribution is 6.06. The average Bonchev–Trinajstić information content (AvgIpc) is 2.99. The van der Waals surface area contributed by atoms with Crippen LogP contribution in [0.1, 0.15) is 16.1 Å². The van der Waals surface area contributed by atoms with E-state index < -0.39 is 11.7 Å². The predicted molar refractivity (Wildman–Crippen MR) is 100 cm³/mol. The van der Waals surface area contributed by atoms with E-state index in [1.54, 1.807) is 37.5 Å². The Morgan fingerprint density at radius 2 is 2.15 bits per heavy atom. The number of amides is 1. The monoisotopic (exact) mass is 372 g/mol. The lowest BCUT2D eigenvalue weighted by Crippen LogP contribution is -2.28. The number of hydrogen-bond donors (Lipinski definition) is 2. The predicted octanol–water partition coefficient (Wildman–Crippen LogP) is 3.24. The molecule has 0 saturated carbocycles. The van der Waals surface area contributed by atoms with Crippen molar-refractivity contribution in [2.45, 2.75) is 6.92 Å². The molecular formula is C19H21FN4O3. The number of fused-ring (bicyclic) bond motifs is 1. The molecule has 0 atom stereocenters. The number of aromatic nitrogens is 1. The van der Waals surface area contributed by atoms with E-state index >= 15 is 0 Å². The Morgan fingerprint density at radius 1 is 1.33 bits per heavy atom. The van der Waals surface area contributed by atoms with E-state index in [4.69, 9.17) is 9.25 Å². The molecule has 7 nitrogen and oxygen atoms in total. The molecule has 0 aliphatic rings. The van der Waals surface area contributed by atoms with Crippen LogP contribution in [0.3, 0.4) is 0 Å². The first-order valence-corrected chi connectivity index (χ1v) is 8.42. The van der Waals surface area contributed by atoms with Gasteiger partial charge in [-0.2, -0.15) is 0 Å². The third-order valence-corrected chi connectivity index (χ3v) is 3.89. The summed E-state index contributed by atoms with van der Waals surface area (Å²) in [7, 11) is 3.80. The van der Waals surface area contributed by atoms with Crippen molar-refractivity contribution in [3.63, 3.8) is 0 Å². The normalized spacial score (nSPS) is 11.1. The second kappa shape index (κ2) is 8.15. The van der Waals surface area contributed by atoms with Gasteiger partial charge >= 0.3 is 5.91 Å². The van der Waals surface area contributed by atoms with E-state index in [0.717, 1.165) is 5.56 Å². The minimum Gasteiger partial charge on any atom is -0.448 e. The minimum absolute atomic E-state index is 0.0113. The lowest BCUT2D eigenvalue weighted by Gasteiger charge is -2.11. The van der Waals surface area contributed by atoms with Gasteiger partial charge in [-0.15, -0.1) is 0 Å². The van der Waals surface area contributed by atoms with Crippen molar-refractivity contribution in [2.24, 2.45) is 0 Å². The van der Waals surface area contributed by atoms with Crippen molar-refractivity contribution in [1.29, 1.82) is 0 Å². The number of likely N-dealkylation sites (N-methyl/N-ethyl adjacent to an activating group) is 1. The zero-order valence-corrected chi connectivity index (χ0v) is 15.4. The number of benzene rings is 1. The van der Waals surface area contributed by atoms with E-state index in [9.17, 15) is 9.18 Å². The molecule has 3 aromatic rings. The van der Waals surface area contributed by atoms with Crippen LogP contribution in [-0.4, -0.2) is 43.0 Å². The van der Waals surface area contributed by atoms with Crippen LogP contribution in [-0.2, 0) is 4.84 Å². The smallest absolute Gasteiger partial charge is 0.312 e. The molecule has 2 aromatic heterocycles. The summed E-state index contributed by atoms with van der Waals surface area (Å²) in [5.74, 6) is -1.01. The molecule has 0 unspecified atom stereocenters. The van der Waals surface area contributed by atoms with Crippen molar-refractivity contribution in [3.05, 3.63) is 53.8 Å². The van der Waals surface area contributed by atoms with Crippen LogP contribution in [0.5, 0.6) is 0 Å². The fourth-order valence-electron chi connectivity index (χ4n) is 2.47. The molecule has 2 N–H and O–H groups in total. The maximum Gasteiger partial charge on any atom is 0.312 e. The van der Waals surface area contributed by atoms with Gasteiger partial charge < -0.3 is 14.6 Å². The van der Waals surface area contributed by atoms with Gasteiger partial charge in [0.2, 0.25) is 5.76 Å². The van der Waals surface area contributed by atoms with Gasteiger partial charge in [0, 0.05) is 18.9 Å². The maximum absolute atomic E-state index is 14.3. The first-order chi connectivity index (χ1) is 13.0. The molecule has 0 spiro atoms. The van der Waals surface area contributed by atoms with Gasteiger partial charge in [0.25, 0.3) is 0 Å². The Morgan fingerprint density at radius 3 is 2.89 bits per heavy atom. The van der Waals surface area contributed by atoms with Crippen LogP contribution >= 0.6 is 0 Å². The highest BCUT2D eigenvalue weighted by atomic mass is 19.1. The maximum atomic E-state index is 14.3. The third kappa shape index (κ3) is 4.42. The second-order valence-corrected chi connectivity index (χ2v) is 6.37. The van der Waals surface area contributed by atoms with Gasteiger partial charge in [0.15, 0.2) is 0 Å². The molecule has 27 heavy (non-hydrogen) atoms. The largest absolute Gasteiger partial charge is 0.448 e. The number of carbonyl (C=O) groups is 1. The molecule has 1 aromatic carbocycles. The molecule has 0 saturated heterocycles. The van der Waals surface area contributed by atoms with Crippen LogP contribution in [0.25, 0.3) is 11.0 Å². The van der Waals surface area contributed by atoms with Crippen LogP contribution in [0.4, 0.5) is 15.8 Å². The lowest BCUT2D eigenvalue weighted by molar-refractivity contribution is 0.0244. The van der Waals surface area contributed by atoms with Crippen molar-refractivity contribution < 1.29 is 18.4 Å². The van der Waals surface area contributed by atoms with Crippen molar-refractivity contribution in [2.75, 3.05) is 32.6 Å². The van der Waals surface area contributed by atoms with E-state index in [1.165, 1.54) is 6.07 Å². The number of furan rings is 1. The van der Waals surface area contributed by atoms with Crippen molar-refractivity contribution >= 4 is 28.3 Å². The number of halogens is 1. The topological polar surface area (TPSA) is 79.6 Å². The number of hydroxylamine groups is 1. The lowest BCUT2D eigenvalue weighted by atomic mass is 10.2. The third-order valence-electron chi connectivity index (χ3n) is 3.89. The number of aryl methyl sites for hydroxylation is 1. The fraction of sp³-hybridized carbons (Fsp3) is 0.263. The standard InChI is InChI=1S/C19H21FN4O3/c1-12-4-5-15(14(20)10-12)22-17-13-11-21-7-6-16(13)27-18(17)19(25)23-26-9-8-24(2)3/h4-7,10-11,22H,8-9H2,1-3H3,(H,23,25). The molecule has 8 heteroatoms. The van der Waals surface area contributed by atoms with Gasteiger partial charge in [-0.05, 0) is 44.8 Å². The summed E-state index contributed by atoms with van der Waals surface area (Å²) in [6.07, 6.45) is 3.11. The summed E-state index contributed by atoms with van der Waals surface area (Å²) < 4.78 is 19.9. The van der Waals surface area contributed by atoms with E-state index in [0.29, 0.717) is 29.8 Å². The summed E-state index contributed by atoms with van der Waals surface area (Å²) in [6, 6.07) is 6.42. The Hall–Kier alpha value is -2.97. The quantitative estimate of drug-likeness (QED) is 0.490. The zero-order chi connectivity index (χ0) is 19.4. The molecule has 0 bridgehead atoms. The van der Waals surface area contributed by atoms with Gasteiger partial charge in [0.1, 0.15) is 17.1 Å². The second-order valence-electron chi connectivity index (χ2n) is 6.37. The SMILES string of the molecule is Cc1ccc(Nc2c(C(=O)NOCCN(C)C)oc3ccncc23)c(F)c1. The molecule has 1 amide bonds. The Labute approximate surface area is 156 Å². The Bertz CT molecular complexity index is 955. The number of nitrogens with zero attached hydrogens (tertiary/aromatic N) is 2. The fourth-order valence-corrected chi connectivity index (χ4v) is 2.47. The number of rotatable bonds is 7. The molecule has 0 fully saturated rings.